The Balaban J connectivity index is 2.16. The Labute approximate surface area is 121 Å². The summed E-state index contributed by atoms with van der Waals surface area (Å²) in [6, 6.07) is 6.26. The van der Waals surface area contributed by atoms with Crippen molar-refractivity contribution in [2.45, 2.75) is 38.5 Å². The second-order valence-electron chi connectivity index (χ2n) is 5.35. The van der Waals surface area contributed by atoms with Gasteiger partial charge in [-0.25, -0.2) is 0 Å². The Morgan fingerprint density at radius 2 is 2.11 bits per heavy atom. The standard InChI is InChI=1S/C16H24ClNO/c1-3-18-11-13-6-4-5-7-14(13)12-8-9-15(17)16(10-12)19-2/h8-10,13-14,18H,3-7,11H2,1-2H3. The van der Waals surface area contributed by atoms with Gasteiger partial charge in [0.15, 0.2) is 0 Å². The van der Waals surface area contributed by atoms with Crippen molar-refractivity contribution in [2.75, 3.05) is 20.2 Å². The molecule has 1 aliphatic rings. The highest BCUT2D eigenvalue weighted by molar-refractivity contribution is 6.32. The van der Waals surface area contributed by atoms with E-state index in [4.69, 9.17) is 16.3 Å². The molecule has 0 bridgehead atoms. The summed E-state index contributed by atoms with van der Waals surface area (Å²) in [6.45, 7) is 4.34. The van der Waals surface area contributed by atoms with Crippen LogP contribution in [0.5, 0.6) is 5.75 Å². The molecular formula is C16H24ClNO. The zero-order chi connectivity index (χ0) is 13.7. The fourth-order valence-electron chi connectivity index (χ4n) is 3.13. The van der Waals surface area contributed by atoms with Gasteiger partial charge in [0, 0.05) is 0 Å². The number of rotatable bonds is 5. The highest BCUT2D eigenvalue weighted by atomic mass is 35.5. The van der Waals surface area contributed by atoms with Crippen molar-refractivity contribution in [1.29, 1.82) is 0 Å². The largest absolute Gasteiger partial charge is 0.495 e. The first-order chi connectivity index (χ1) is 9.26. The predicted molar refractivity (Wildman–Crippen MR) is 81.2 cm³/mol. The third kappa shape index (κ3) is 3.64. The molecule has 19 heavy (non-hydrogen) atoms. The molecule has 1 aliphatic carbocycles. The highest BCUT2D eigenvalue weighted by Crippen LogP contribution is 2.39. The summed E-state index contributed by atoms with van der Waals surface area (Å²) in [6.07, 6.45) is 5.29. The lowest BCUT2D eigenvalue weighted by atomic mass is 9.75. The van der Waals surface area contributed by atoms with Crippen LogP contribution in [0.25, 0.3) is 0 Å². The Morgan fingerprint density at radius 1 is 1.32 bits per heavy atom. The van der Waals surface area contributed by atoms with Crippen LogP contribution >= 0.6 is 11.6 Å². The van der Waals surface area contributed by atoms with E-state index in [0.29, 0.717) is 10.9 Å². The predicted octanol–water partition coefficient (Wildman–Crippen LogP) is 4.23. The van der Waals surface area contributed by atoms with E-state index in [1.54, 1.807) is 7.11 Å². The molecule has 2 unspecified atom stereocenters. The van der Waals surface area contributed by atoms with Gasteiger partial charge in [-0.2, -0.15) is 0 Å². The third-order valence-electron chi connectivity index (χ3n) is 4.17. The Morgan fingerprint density at radius 3 is 2.84 bits per heavy atom. The van der Waals surface area contributed by atoms with E-state index in [1.165, 1.54) is 31.2 Å². The van der Waals surface area contributed by atoms with Crippen LogP contribution in [0.4, 0.5) is 0 Å². The smallest absolute Gasteiger partial charge is 0.137 e. The fourth-order valence-corrected chi connectivity index (χ4v) is 3.32. The maximum absolute atomic E-state index is 6.12. The molecular weight excluding hydrogens is 258 g/mol. The molecule has 0 aliphatic heterocycles. The summed E-state index contributed by atoms with van der Waals surface area (Å²) in [5.41, 5.74) is 1.38. The van der Waals surface area contributed by atoms with Gasteiger partial charge in [-0.3, -0.25) is 0 Å². The third-order valence-corrected chi connectivity index (χ3v) is 4.48. The molecule has 0 amide bonds. The van der Waals surface area contributed by atoms with Crippen molar-refractivity contribution in [3.63, 3.8) is 0 Å². The second-order valence-corrected chi connectivity index (χ2v) is 5.76. The number of hydrogen-bond acceptors (Lipinski definition) is 2. The van der Waals surface area contributed by atoms with E-state index in [1.807, 2.05) is 6.07 Å². The number of benzene rings is 1. The molecule has 0 radical (unpaired) electrons. The van der Waals surface area contributed by atoms with Crippen LogP contribution in [0.3, 0.4) is 0 Å². The van der Waals surface area contributed by atoms with E-state index in [0.717, 1.165) is 24.8 Å². The second kappa shape index (κ2) is 7.16. The van der Waals surface area contributed by atoms with Gasteiger partial charge in [0.2, 0.25) is 0 Å². The summed E-state index contributed by atoms with van der Waals surface area (Å²) in [5, 5.41) is 4.20. The molecule has 1 N–H and O–H groups in total. The molecule has 0 saturated heterocycles. The van der Waals surface area contributed by atoms with Gasteiger partial charge in [-0.05, 0) is 55.5 Å². The van der Waals surface area contributed by atoms with E-state index >= 15 is 0 Å². The molecule has 1 aromatic carbocycles. The van der Waals surface area contributed by atoms with Crippen LogP contribution in [0.15, 0.2) is 18.2 Å². The van der Waals surface area contributed by atoms with Gasteiger partial charge in [0.25, 0.3) is 0 Å². The van der Waals surface area contributed by atoms with Crippen molar-refractivity contribution in [3.05, 3.63) is 28.8 Å². The molecule has 0 heterocycles. The lowest BCUT2D eigenvalue weighted by molar-refractivity contribution is 0.296. The van der Waals surface area contributed by atoms with Crippen molar-refractivity contribution < 1.29 is 4.74 Å². The summed E-state index contributed by atoms with van der Waals surface area (Å²) in [4.78, 5) is 0. The van der Waals surface area contributed by atoms with Gasteiger partial charge >= 0.3 is 0 Å². The summed E-state index contributed by atoms with van der Waals surface area (Å²) in [7, 11) is 1.68. The lowest BCUT2D eigenvalue weighted by Gasteiger charge is -2.32. The van der Waals surface area contributed by atoms with Crippen LogP contribution in [0, 0.1) is 5.92 Å². The minimum atomic E-state index is 0.638. The molecule has 1 aromatic rings. The fraction of sp³-hybridized carbons (Fsp3) is 0.625. The van der Waals surface area contributed by atoms with Gasteiger partial charge in [0.05, 0.1) is 12.1 Å². The van der Waals surface area contributed by atoms with Crippen LogP contribution in [-0.4, -0.2) is 20.2 Å². The van der Waals surface area contributed by atoms with Crippen molar-refractivity contribution in [3.8, 4) is 5.75 Å². The van der Waals surface area contributed by atoms with Crippen LogP contribution < -0.4 is 10.1 Å². The zero-order valence-electron chi connectivity index (χ0n) is 11.9. The van der Waals surface area contributed by atoms with E-state index in [9.17, 15) is 0 Å². The van der Waals surface area contributed by atoms with Crippen molar-refractivity contribution in [1.82, 2.24) is 5.32 Å². The first-order valence-electron chi connectivity index (χ1n) is 7.30. The Bertz CT molecular complexity index is 408. The molecule has 1 fully saturated rings. The maximum atomic E-state index is 6.12. The first kappa shape index (κ1) is 14.7. The molecule has 1 saturated carbocycles. The lowest BCUT2D eigenvalue weighted by Crippen LogP contribution is -2.29. The maximum Gasteiger partial charge on any atom is 0.137 e. The van der Waals surface area contributed by atoms with Crippen LogP contribution in [0.2, 0.25) is 5.02 Å². The van der Waals surface area contributed by atoms with Crippen molar-refractivity contribution in [2.24, 2.45) is 5.92 Å². The average molecular weight is 282 g/mol. The first-order valence-corrected chi connectivity index (χ1v) is 7.68. The SMILES string of the molecule is CCNCC1CCCCC1c1ccc(Cl)c(OC)c1. The van der Waals surface area contributed by atoms with Crippen LogP contribution in [0.1, 0.15) is 44.1 Å². The molecule has 3 heteroatoms. The summed E-state index contributed by atoms with van der Waals surface area (Å²) < 4.78 is 5.35. The Hall–Kier alpha value is -0.730. The molecule has 2 rings (SSSR count). The van der Waals surface area contributed by atoms with Gasteiger partial charge < -0.3 is 10.1 Å². The number of methoxy groups -OCH3 is 1. The van der Waals surface area contributed by atoms with E-state index in [2.05, 4.69) is 24.4 Å². The van der Waals surface area contributed by atoms with Crippen LogP contribution in [-0.2, 0) is 0 Å². The molecule has 0 aromatic heterocycles. The normalized spacial score (nSPS) is 23.3. The molecule has 106 valence electrons. The van der Waals surface area contributed by atoms with Crippen molar-refractivity contribution >= 4 is 11.6 Å². The van der Waals surface area contributed by atoms with E-state index in [-0.39, 0.29) is 0 Å². The quantitative estimate of drug-likeness (QED) is 0.872. The molecule has 2 nitrogen and oxygen atoms in total. The average Bonchev–Trinajstić information content (AvgIpc) is 2.46. The van der Waals surface area contributed by atoms with Gasteiger partial charge in [-0.1, -0.05) is 37.4 Å². The zero-order valence-corrected chi connectivity index (χ0v) is 12.7. The van der Waals surface area contributed by atoms with Gasteiger partial charge in [-0.15, -0.1) is 0 Å². The van der Waals surface area contributed by atoms with E-state index < -0.39 is 0 Å². The minimum Gasteiger partial charge on any atom is -0.495 e. The molecule has 2 atom stereocenters. The summed E-state index contributed by atoms with van der Waals surface area (Å²) in [5.74, 6) is 2.17. The number of ether oxygens (including phenoxy) is 1. The topological polar surface area (TPSA) is 21.3 Å². The molecule has 0 spiro atoms. The summed E-state index contributed by atoms with van der Waals surface area (Å²) >= 11 is 6.12. The minimum absolute atomic E-state index is 0.638. The number of hydrogen-bond donors (Lipinski definition) is 1. The number of halogens is 1. The monoisotopic (exact) mass is 281 g/mol. The highest BCUT2D eigenvalue weighted by Gasteiger charge is 2.26. The number of nitrogens with one attached hydrogen (secondary N) is 1. The Kier molecular flexibility index (Phi) is 5.53. The van der Waals surface area contributed by atoms with Gasteiger partial charge in [0.1, 0.15) is 5.75 Å².